The summed E-state index contributed by atoms with van der Waals surface area (Å²) in [4.78, 5) is 50.1. The van der Waals surface area contributed by atoms with E-state index in [0.29, 0.717) is 13.1 Å². The fourth-order valence-electron chi connectivity index (χ4n) is 2.78. The van der Waals surface area contributed by atoms with E-state index in [1.165, 1.54) is 53.6 Å². The van der Waals surface area contributed by atoms with Crippen molar-refractivity contribution in [2.24, 2.45) is 0 Å². The van der Waals surface area contributed by atoms with Crippen molar-refractivity contribution in [2.45, 2.75) is 26.9 Å². The molecule has 1 aliphatic heterocycles. The van der Waals surface area contributed by atoms with Gasteiger partial charge in [-0.05, 0) is 38.2 Å². The molecule has 1 aromatic rings. The van der Waals surface area contributed by atoms with Crippen LogP contribution in [0.5, 0.6) is 5.88 Å². The Bertz CT molecular complexity index is 1050. The summed E-state index contributed by atoms with van der Waals surface area (Å²) in [6.07, 6.45) is 7.14. The molecule has 29 heavy (non-hydrogen) atoms. The highest BCUT2D eigenvalue weighted by molar-refractivity contribution is 7.71. The van der Waals surface area contributed by atoms with Crippen molar-refractivity contribution in [3.8, 4) is 5.88 Å². The third kappa shape index (κ3) is 3.97. The molecule has 1 aromatic heterocycles. The lowest BCUT2D eigenvalue weighted by atomic mass is 10.1. The number of hydrogen-bond donors (Lipinski definition) is 1. The lowest BCUT2D eigenvalue weighted by molar-refractivity contribution is -0.134. The molecular weight excluding hydrogens is 396 g/mol. The summed E-state index contributed by atoms with van der Waals surface area (Å²) in [6.45, 7) is 4.35. The Morgan fingerprint density at radius 3 is 1.97 bits per heavy atom. The van der Waals surface area contributed by atoms with Gasteiger partial charge < -0.3 is 5.11 Å². The lowest BCUT2D eigenvalue weighted by Gasteiger charge is -2.28. The number of carbonyl (C=O) groups excluding carboxylic acids is 3. The largest absolute Gasteiger partial charge is 0.494 e. The molecular formula is C19H22N4O5S. The maximum absolute atomic E-state index is 12.5. The molecule has 0 radical (unpaired) electrons. The number of imide groups is 2. The predicted octanol–water partition coefficient (Wildman–Crippen LogP) is 1.67. The molecule has 1 aliphatic rings. The number of nitrogens with zero attached hydrogens (tertiary/aromatic N) is 4. The Kier molecular flexibility index (Phi) is 6.70. The van der Waals surface area contributed by atoms with Crippen LogP contribution in [0.1, 0.15) is 19.4 Å². The summed E-state index contributed by atoms with van der Waals surface area (Å²) in [7, 11) is 2.58. The number of rotatable bonds is 5. The van der Waals surface area contributed by atoms with Crippen molar-refractivity contribution in [1.29, 1.82) is 0 Å². The van der Waals surface area contributed by atoms with Crippen LogP contribution in [-0.4, -0.2) is 56.0 Å². The molecule has 9 nitrogen and oxygen atoms in total. The van der Waals surface area contributed by atoms with Crippen LogP contribution in [-0.2, 0) is 22.7 Å². The molecule has 1 saturated heterocycles. The molecule has 0 bridgehead atoms. The summed E-state index contributed by atoms with van der Waals surface area (Å²) in [5, 5.41) is 10.3. The number of aromatic hydroxyl groups is 1. The van der Waals surface area contributed by atoms with Gasteiger partial charge in [0.25, 0.3) is 17.4 Å². The topological polar surface area (TPSA) is 105 Å². The molecule has 154 valence electrons. The number of urea groups is 1. The molecule has 10 heteroatoms. The number of barbiturate groups is 1. The van der Waals surface area contributed by atoms with Crippen LogP contribution in [0.3, 0.4) is 0 Å². The zero-order chi connectivity index (χ0) is 21.9. The Morgan fingerprint density at radius 1 is 0.897 bits per heavy atom. The molecule has 1 fully saturated rings. The quantitative estimate of drug-likeness (QED) is 0.338. The van der Waals surface area contributed by atoms with Crippen molar-refractivity contribution in [3.05, 3.63) is 50.6 Å². The Balaban J connectivity index is 2.34. The van der Waals surface area contributed by atoms with Crippen LogP contribution in [0.25, 0.3) is 6.08 Å². The first-order valence-electron chi connectivity index (χ1n) is 8.88. The van der Waals surface area contributed by atoms with E-state index < -0.39 is 23.4 Å². The van der Waals surface area contributed by atoms with E-state index in [9.17, 15) is 24.3 Å². The maximum atomic E-state index is 12.5. The van der Waals surface area contributed by atoms with Crippen molar-refractivity contribution in [3.63, 3.8) is 0 Å². The number of allylic oxidation sites excluding steroid dienone is 4. The first kappa shape index (κ1) is 22.0. The minimum Gasteiger partial charge on any atom is -0.494 e. The highest BCUT2D eigenvalue weighted by atomic mass is 32.1. The van der Waals surface area contributed by atoms with Crippen molar-refractivity contribution in [2.75, 3.05) is 14.1 Å². The summed E-state index contributed by atoms with van der Waals surface area (Å²) < 4.78 is 3.08. The second-order valence-electron chi connectivity index (χ2n) is 6.15. The van der Waals surface area contributed by atoms with E-state index in [4.69, 9.17) is 12.2 Å². The van der Waals surface area contributed by atoms with Crippen LogP contribution >= 0.6 is 12.2 Å². The van der Waals surface area contributed by atoms with E-state index in [-0.39, 0.29) is 21.8 Å². The van der Waals surface area contributed by atoms with Crippen molar-refractivity contribution >= 4 is 36.1 Å². The Hall–Kier alpha value is -3.27. The Labute approximate surface area is 172 Å². The summed E-state index contributed by atoms with van der Waals surface area (Å²) in [5.74, 6) is -1.62. The third-order valence-electron chi connectivity index (χ3n) is 4.46. The highest BCUT2D eigenvalue weighted by Crippen LogP contribution is 2.16. The molecule has 4 amide bonds. The monoisotopic (exact) mass is 418 g/mol. The minimum absolute atomic E-state index is 0.0782. The normalized spacial score (nSPS) is 15.3. The average molecular weight is 418 g/mol. The van der Waals surface area contributed by atoms with Gasteiger partial charge in [-0.2, -0.15) is 0 Å². The number of likely N-dealkylation sites (N-methyl/N-ethyl adjacent to an activating group) is 2. The van der Waals surface area contributed by atoms with Gasteiger partial charge in [0.05, 0.1) is 0 Å². The van der Waals surface area contributed by atoms with E-state index >= 15 is 0 Å². The fourth-order valence-corrected chi connectivity index (χ4v) is 3.21. The molecule has 0 unspecified atom stereocenters. The van der Waals surface area contributed by atoms with Crippen molar-refractivity contribution in [1.82, 2.24) is 18.9 Å². The number of aromatic nitrogens is 2. The molecule has 2 rings (SSSR count). The van der Waals surface area contributed by atoms with Gasteiger partial charge in [-0.1, -0.05) is 18.2 Å². The molecule has 0 saturated carbocycles. The van der Waals surface area contributed by atoms with Crippen molar-refractivity contribution < 1.29 is 19.5 Å². The van der Waals surface area contributed by atoms with Crippen LogP contribution in [0.4, 0.5) is 4.79 Å². The predicted molar refractivity (Wildman–Crippen MR) is 110 cm³/mol. The van der Waals surface area contributed by atoms with E-state index in [1.54, 1.807) is 13.8 Å². The first-order valence-corrected chi connectivity index (χ1v) is 9.29. The molecule has 0 aliphatic carbocycles. The van der Waals surface area contributed by atoms with Gasteiger partial charge in [0.15, 0.2) is 4.77 Å². The van der Waals surface area contributed by atoms with Gasteiger partial charge >= 0.3 is 6.03 Å². The number of carbonyl (C=O) groups is 3. The number of amides is 4. The molecule has 1 N–H and O–H groups in total. The first-order chi connectivity index (χ1) is 13.7. The third-order valence-corrected chi connectivity index (χ3v) is 4.90. The average Bonchev–Trinajstić information content (AvgIpc) is 2.69. The molecule has 0 atom stereocenters. The van der Waals surface area contributed by atoms with E-state index in [0.717, 1.165) is 9.80 Å². The van der Waals surface area contributed by atoms with Crippen LogP contribution < -0.4 is 5.56 Å². The minimum atomic E-state index is -0.696. The van der Waals surface area contributed by atoms with Gasteiger partial charge in [-0.3, -0.25) is 33.3 Å². The van der Waals surface area contributed by atoms with Crippen LogP contribution in [0.2, 0.25) is 0 Å². The molecule has 2 heterocycles. The standard InChI is InChI=1S/C19H22N4O5S/c1-5-22-16(26)13(17(27)23(6-2)19(22)29)11-9-7-8-10-12-14(24)20(3)18(28)21(4)15(12)25/h7-11,26H,5-6H2,1-4H3. The van der Waals surface area contributed by atoms with Crippen LogP contribution in [0, 0.1) is 4.77 Å². The smallest absolute Gasteiger partial charge is 0.333 e. The molecule has 0 spiro atoms. The van der Waals surface area contributed by atoms with E-state index in [2.05, 4.69) is 0 Å². The second-order valence-corrected chi connectivity index (χ2v) is 6.51. The lowest BCUT2D eigenvalue weighted by Crippen LogP contribution is -2.52. The van der Waals surface area contributed by atoms with Gasteiger partial charge in [0.1, 0.15) is 11.1 Å². The summed E-state index contributed by atoms with van der Waals surface area (Å²) in [5.41, 5.74) is -0.494. The van der Waals surface area contributed by atoms with Gasteiger partial charge in [0.2, 0.25) is 5.88 Å². The highest BCUT2D eigenvalue weighted by Gasteiger charge is 2.37. The SMILES string of the molecule is CCn1c(O)c(C=CC=CC=C2C(=O)N(C)C(=O)N(C)C2=O)c(=O)n(CC)c1=S. The van der Waals surface area contributed by atoms with Gasteiger partial charge in [0, 0.05) is 27.2 Å². The van der Waals surface area contributed by atoms with Crippen LogP contribution in [0.15, 0.2) is 34.7 Å². The Morgan fingerprint density at radius 2 is 1.45 bits per heavy atom. The second kappa shape index (κ2) is 8.82. The molecule has 0 aromatic carbocycles. The van der Waals surface area contributed by atoms with E-state index in [1.807, 2.05) is 0 Å². The summed E-state index contributed by atoms with van der Waals surface area (Å²) >= 11 is 5.23. The summed E-state index contributed by atoms with van der Waals surface area (Å²) in [6, 6.07) is -0.696. The number of hydrogen-bond acceptors (Lipinski definition) is 6. The zero-order valence-electron chi connectivity index (χ0n) is 16.6. The fraction of sp³-hybridized carbons (Fsp3) is 0.316. The maximum Gasteiger partial charge on any atom is 0.333 e. The van der Waals surface area contributed by atoms with Gasteiger partial charge in [-0.25, -0.2) is 4.79 Å². The van der Waals surface area contributed by atoms with Gasteiger partial charge in [-0.15, -0.1) is 0 Å². The zero-order valence-corrected chi connectivity index (χ0v) is 17.4.